The Morgan fingerprint density at radius 3 is 2.78 bits per heavy atom. The predicted octanol–water partition coefficient (Wildman–Crippen LogP) is 2.55. The molecular weight excluding hydrogens is 228 g/mol. The van der Waals surface area contributed by atoms with Gasteiger partial charge < -0.3 is 15.8 Å². The van der Waals surface area contributed by atoms with Gasteiger partial charge in [-0.3, -0.25) is 4.79 Å². The maximum Gasteiger partial charge on any atom is 0.234 e. The lowest BCUT2D eigenvalue weighted by atomic mass is 9.74. The van der Waals surface area contributed by atoms with Crippen LogP contribution < -0.4 is 15.8 Å². The van der Waals surface area contributed by atoms with E-state index in [0.29, 0.717) is 23.7 Å². The number of nitrogens with one attached hydrogen (secondary N) is 1. The minimum absolute atomic E-state index is 0.0894. The lowest BCUT2D eigenvalue weighted by Gasteiger charge is -2.33. The van der Waals surface area contributed by atoms with Gasteiger partial charge in [-0.1, -0.05) is 25.3 Å². The molecule has 0 aromatic heterocycles. The van der Waals surface area contributed by atoms with Crippen LogP contribution >= 0.6 is 0 Å². The highest BCUT2D eigenvalue weighted by Gasteiger charge is 2.42. The zero-order chi connectivity index (χ0) is 12.6. The maximum atomic E-state index is 12.4. The average molecular weight is 246 g/mol. The van der Waals surface area contributed by atoms with Crippen molar-refractivity contribution in [3.63, 3.8) is 0 Å². The Hall–Kier alpha value is -1.71. The van der Waals surface area contributed by atoms with E-state index < -0.39 is 0 Å². The minimum atomic E-state index is -0.357. The van der Waals surface area contributed by atoms with Gasteiger partial charge in [-0.05, 0) is 25.0 Å². The molecule has 1 fully saturated rings. The van der Waals surface area contributed by atoms with Crippen molar-refractivity contribution in [1.82, 2.24) is 0 Å². The highest BCUT2D eigenvalue weighted by Crippen LogP contribution is 2.43. The molecule has 0 atom stereocenters. The summed E-state index contributed by atoms with van der Waals surface area (Å²) in [7, 11) is 0. The summed E-state index contributed by atoms with van der Waals surface area (Å²) in [5.41, 5.74) is 6.82. The Balaban J connectivity index is 1.95. The van der Waals surface area contributed by atoms with Crippen LogP contribution in [0.5, 0.6) is 5.75 Å². The van der Waals surface area contributed by atoms with Crippen LogP contribution in [0.15, 0.2) is 18.2 Å². The third-order valence-corrected chi connectivity index (χ3v) is 4.08. The fourth-order valence-corrected chi connectivity index (χ4v) is 2.95. The first-order valence-corrected chi connectivity index (χ1v) is 6.54. The fourth-order valence-electron chi connectivity index (χ4n) is 2.95. The molecule has 3 N–H and O–H groups in total. The quantitative estimate of drug-likeness (QED) is 0.691. The van der Waals surface area contributed by atoms with Crippen molar-refractivity contribution in [3.05, 3.63) is 18.2 Å². The molecule has 1 heterocycles. The Kier molecular flexibility index (Phi) is 2.65. The molecule has 1 aliphatic heterocycles. The summed E-state index contributed by atoms with van der Waals surface area (Å²) in [6, 6.07) is 5.46. The molecule has 4 heteroatoms. The third kappa shape index (κ3) is 1.72. The summed E-state index contributed by atoms with van der Waals surface area (Å²) in [5.74, 6) is 0.708. The first-order chi connectivity index (χ1) is 8.71. The smallest absolute Gasteiger partial charge is 0.234 e. The first kappa shape index (κ1) is 11.4. The first-order valence-electron chi connectivity index (χ1n) is 6.54. The van der Waals surface area contributed by atoms with E-state index in [1.165, 1.54) is 6.42 Å². The molecule has 0 radical (unpaired) electrons. The van der Waals surface area contributed by atoms with E-state index in [4.69, 9.17) is 10.5 Å². The van der Waals surface area contributed by atoms with Crippen molar-refractivity contribution in [3.8, 4) is 5.75 Å². The van der Waals surface area contributed by atoms with E-state index in [-0.39, 0.29) is 11.3 Å². The molecular formula is C14H18N2O2. The number of anilines is 2. The summed E-state index contributed by atoms with van der Waals surface area (Å²) < 4.78 is 5.83. The molecule has 4 nitrogen and oxygen atoms in total. The molecule has 2 aliphatic rings. The molecule has 1 saturated carbocycles. The molecule has 0 bridgehead atoms. The number of para-hydroxylation sites is 1. The molecule has 1 aliphatic carbocycles. The van der Waals surface area contributed by atoms with Crippen LogP contribution in [0.1, 0.15) is 32.1 Å². The number of amides is 1. The van der Waals surface area contributed by atoms with Gasteiger partial charge in [0.25, 0.3) is 0 Å². The van der Waals surface area contributed by atoms with Gasteiger partial charge in [0.15, 0.2) is 5.75 Å². The van der Waals surface area contributed by atoms with E-state index in [1.807, 2.05) is 12.1 Å². The van der Waals surface area contributed by atoms with Gasteiger partial charge in [0.05, 0.1) is 16.8 Å². The number of benzene rings is 1. The average Bonchev–Trinajstić information content (AvgIpc) is 2.51. The lowest BCUT2D eigenvalue weighted by molar-refractivity contribution is -0.128. The monoisotopic (exact) mass is 246 g/mol. The molecule has 1 amide bonds. The Morgan fingerprint density at radius 2 is 2.00 bits per heavy atom. The van der Waals surface area contributed by atoms with Crippen LogP contribution in [0.4, 0.5) is 11.4 Å². The van der Waals surface area contributed by atoms with Crippen LogP contribution in [0, 0.1) is 5.41 Å². The Bertz CT molecular complexity index is 479. The largest absolute Gasteiger partial charge is 0.488 e. The normalized spacial score (nSPS) is 21.7. The predicted molar refractivity (Wildman–Crippen MR) is 70.5 cm³/mol. The van der Waals surface area contributed by atoms with Crippen molar-refractivity contribution in [1.29, 1.82) is 0 Å². The number of ether oxygens (including phenoxy) is 1. The number of carbonyl (C=O) groups is 1. The molecule has 0 unspecified atom stereocenters. The number of hydrogen-bond acceptors (Lipinski definition) is 3. The topological polar surface area (TPSA) is 64.3 Å². The van der Waals surface area contributed by atoms with E-state index in [9.17, 15) is 4.79 Å². The number of rotatable bonds is 0. The zero-order valence-electron chi connectivity index (χ0n) is 10.4. The summed E-state index contributed by atoms with van der Waals surface area (Å²) in [6.07, 6.45) is 5.23. The van der Waals surface area contributed by atoms with Crippen LogP contribution in [-0.4, -0.2) is 12.5 Å². The Morgan fingerprint density at radius 1 is 1.22 bits per heavy atom. The van der Waals surface area contributed by atoms with Gasteiger partial charge in [0.2, 0.25) is 5.91 Å². The zero-order valence-corrected chi connectivity index (χ0v) is 10.4. The standard InChI is InChI=1S/C14H18N2O2/c15-10-5-4-6-11-12(10)18-9-14(13(17)16-11)7-2-1-3-8-14/h4-6H,1-3,7-9,15H2,(H,16,17). The van der Waals surface area contributed by atoms with Crippen LogP contribution in [-0.2, 0) is 4.79 Å². The van der Waals surface area contributed by atoms with E-state index in [1.54, 1.807) is 6.07 Å². The lowest BCUT2D eigenvalue weighted by Crippen LogP contribution is -2.41. The van der Waals surface area contributed by atoms with Crippen molar-refractivity contribution in [2.24, 2.45) is 5.41 Å². The maximum absolute atomic E-state index is 12.4. The van der Waals surface area contributed by atoms with Crippen LogP contribution in [0.25, 0.3) is 0 Å². The van der Waals surface area contributed by atoms with E-state index in [2.05, 4.69) is 5.32 Å². The van der Waals surface area contributed by atoms with Gasteiger partial charge in [-0.2, -0.15) is 0 Å². The second-order valence-corrected chi connectivity index (χ2v) is 5.31. The molecule has 1 spiro atoms. The van der Waals surface area contributed by atoms with Gasteiger partial charge in [-0.15, -0.1) is 0 Å². The van der Waals surface area contributed by atoms with Crippen molar-refractivity contribution >= 4 is 17.3 Å². The van der Waals surface area contributed by atoms with Crippen LogP contribution in [0.2, 0.25) is 0 Å². The summed E-state index contributed by atoms with van der Waals surface area (Å²) >= 11 is 0. The number of fused-ring (bicyclic) bond motifs is 1. The minimum Gasteiger partial charge on any atom is -0.488 e. The fraction of sp³-hybridized carbons (Fsp3) is 0.500. The molecule has 96 valence electrons. The van der Waals surface area contributed by atoms with Gasteiger partial charge >= 0.3 is 0 Å². The van der Waals surface area contributed by atoms with Gasteiger partial charge in [-0.25, -0.2) is 0 Å². The second-order valence-electron chi connectivity index (χ2n) is 5.31. The van der Waals surface area contributed by atoms with Gasteiger partial charge in [0.1, 0.15) is 6.61 Å². The molecule has 18 heavy (non-hydrogen) atoms. The SMILES string of the molecule is Nc1cccc2c1OCC1(CCCCC1)C(=O)N2. The van der Waals surface area contributed by atoms with Crippen molar-refractivity contribution in [2.45, 2.75) is 32.1 Å². The van der Waals surface area contributed by atoms with Crippen molar-refractivity contribution in [2.75, 3.05) is 17.7 Å². The molecule has 0 saturated heterocycles. The molecule has 1 aromatic carbocycles. The second kappa shape index (κ2) is 4.19. The molecule has 3 rings (SSSR count). The Labute approximate surface area is 107 Å². The number of hydrogen-bond donors (Lipinski definition) is 2. The highest BCUT2D eigenvalue weighted by molar-refractivity contribution is 5.98. The van der Waals surface area contributed by atoms with Gasteiger partial charge in [0, 0.05) is 0 Å². The van der Waals surface area contributed by atoms with Crippen LogP contribution in [0.3, 0.4) is 0 Å². The van der Waals surface area contributed by atoms with Crippen molar-refractivity contribution < 1.29 is 9.53 Å². The van der Waals surface area contributed by atoms with E-state index in [0.717, 1.165) is 25.7 Å². The number of nitrogens with two attached hydrogens (primary N) is 1. The number of nitrogen functional groups attached to an aromatic ring is 1. The summed E-state index contributed by atoms with van der Waals surface area (Å²) in [6.45, 7) is 0.444. The summed E-state index contributed by atoms with van der Waals surface area (Å²) in [5, 5.41) is 2.98. The molecule has 1 aromatic rings. The summed E-state index contributed by atoms with van der Waals surface area (Å²) in [4.78, 5) is 12.4. The number of carbonyl (C=O) groups excluding carboxylic acids is 1. The third-order valence-electron chi connectivity index (χ3n) is 4.08. The van der Waals surface area contributed by atoms with E-state index >= 15 is 0 Å². The highest BCUT2D eigenvalue weighted by atomic mass is 16.5.